The van der Waals surface area contributed by atoms with E-state index in [1.165, 1.54) is 17.9 Å². The minimum absolute atomic E-state index is 0.471. The molecule has 0 aliphatic carbocycles. The third-order valence-electron chi connectivity index (χ3n) is 2.25. The van der Waals surface area contributed by atoms with Crippen LogP contribution in [0, 0.1) is 0 Å². The first-order valence-electron chi connectivity index (χ1n) is 5.14. The molecule has 0 aromatic rings. The molecule has 84 valence electrons. The maximum atomic E-state index is 5.51. The van der Waals surface area contributed by atoms with E-state index in [0.29, 0.717) is 11.0 Å². The lowest BCUT2D eigenvalue weighted by Gasteiger charge is -2.24. The molecule has 0 heterocycles. The van der Waals surface area contributed by atoms with Crippen LogP contribution in [0.1, 0.15) is 26.7 Å². The van der Waals surface area contributed by atoms with Crippen LogP contribution in [0.15, 0.2) is 0 Å². The molecule has 0 bridgehead atoms. The minimum Gasteiger partial charge on any atom is -0.393 e. The average Bonchev–Trinajstić information content (AvgIpc) is 2.11. The van der Waals surface area contributed by atoms with Gasteiger partial charge in [0.15, 0.2) is 0 Å². The van der Waals surface area contributed by atoms with E-state index in [9.17, 15) is 0 Å². The molecule has 0 spiro atoms. The van der Waals surface area contributed by atoms with Gasteiger partial charge in [0.05, 0.1) is 4.99 Å². The molecule has 0 rings (SSSR count). The molecular weight excluding hydrogens is 212 g/mol. The molecule has 0 amide bonds. The lowest BCUT2D eigenvalue weighted by Crippen LogP contribution is -2.33. The second-order valence-corrected chi connectivity index (χ2v) is 5.47. The zero-order valence-electron chi connectivity index (χ0n) is 9.45. The summed E-state index contributed by atoms with van der Waals surface area (Å²) in [4.78, 5) is 2.95. The fraction of sp³-hybridized carbons (Fsp3) is 0.900. The van der Waals surface area contributed by atoms with Crippen molar-refractivity contribution in [3.63, 3.8) is 0 Å². The second kappa shape index (κ2) is 8.50. The maximum absolute atomic E-state index is 5.51. The molecule has 14 heavy (non-hydrogen) atoms. The average molecular weight is 234 g/mol. The Hall–Kier alpha value is 0.200. The third-order valence-corrected chi connectivity index (χ3v) is 3.40. The van der Waals surface area contributed by atoms with E-state index < -0.39 is 0 Å². The van der Waals surface area contributed by atoms with Gasteiger partial charge in [-0.1, -0.05) is 19.1 Å². The van der Waals surface area contributed by atoms with Crippen LogP contribution in [0.4, 0.5) is 0 Å². The number of thiocarbonyl (C=S) groups is 1. The van der Waals surface area contributed by atoms with E-state index in [1.54, 1.807) is 0 Å². The van der Waals surface area contributed by atoms with Gasteiger partial charge in [0.25, 0.3) is 0 Å². The van der Waals surface area contributed by atoms with Gasteiger partial charge in [0.2, 0.25) is 0 Å². The Kier molecular flexibility index (Phi) is 8.63. The highest BCUT2D eigenvalue weighted by atomic mass is 32.2. The van der Waals surface area contributed by atoms with Crippen molar-refractivity contribution in [3.8, 4) is 0 Å². The fourth-order valence-electron chi connectivity index (χ4n) is 1.23. The normalized spacial score (nSPS) is 13.1. The smallest absolute Gasteiger partial charge is 0.0742 e. The molecule has 0 aromatic heterocycles. The van der Waals surface area contributed by atoms with Gasteiger partial charge in [-0.05, 0) is 38.4 Å². The molecule has 0 saturated carbocycles. The third kappa shape index (κ3) is 7.59. The molecule has 0 radical (unpaired) electrons. The first-order valence-corrected chi connectivity index (χ1v) is 6.70. The second-order valence-electron chi connectivity index (χ2n) is 3.55. The molecular formula is C10H22N2S2. The molecule has 1 atom stereocenters. The predicted molar refractivity (Wildman–Crippen MR) is 71.1 cm³/mol. The van der Waals surface area contributed by atoms with Crippen LogP contribution < -0.4 is 5.73 Å². The summed E-state index contributed by atoms with van der Waals surface area (Å²) < 4.78 is 0. The molecule has 1 unspecified atom stereocenters. The number of hydrogen-bond donors (Lipinski definition) is 1. The van der Waals surface area contributed by atoms with Crippen molar-refractivity contribution in [1.82, 2.24) is 4.90 Å². The number of nitrogens with two attached hydrogens (primary N) is 1. The van der Waals surface area contributed by atoms with E-state index in [2.05, 4.69) is 25.8 Å². The zero-order chi connectivity index (χ0) is 11.0. The van der Waals surface area contributed by atoms with Gasteiger partial charge in [0, 0.05) is 12.5 Å². The van der Waals surface area contributed by atoms with Crippen LogP contribution in [0.25, 0.3) is 0 Å². The Morgan fingerprint density at radius 2 is 2.21 bits per heavy atom. The monoisotopic (exact) mass is 234 g/mol. The summed E-state index contributed by atoms with van der Waals surface area (Å²) in [6, 6.07) is 0.471. The van der Waals surface area contributed by atoms with E-state index in [1.807, 2.05) is 11.8 Å². The van der Waals surface area contributed by atoms with E-state index in [0.717, 1.165) is 13.0 Å². The van der Waals surface area contributed by atoms with Gasteiger partial charge in [-0.3, -0.25) is 0 Å². The van der Waals surface area contributed by atoms with Crippen molar-refractivity contribution in [2.45, 2.75) is 32.7 Å². The molecule has 0 fully saturated rings. The Morgan fingerprint density at radius 1 is 1.57 bits per heavy atom. The number of thioether (sulfide) groups is 1. The molecule has 0 saturated heterocycles. The summed E-state index contributed by atoms with van der Waals surface area (Å²) in [5.74, 6) is 2.47. The standard InChI is InChI=1S/C10H22N2S2/c1-4-14-7-5-6-12(3)9(2)8-10(11)13/h9H,4-8H2,1-3H3,(H2,11,13). The van der Waals surface area contributed by atoms with Crippen molar-refractivity contribution >= 4 is 29.0 Å². The zero-order valence-corrected chi connectivity index (χ0v) is 11.1. The lowest BCUT2D eigenvalue weighted by molar-refractivity contribution is 0.265. The van der Waals surface area contributed by atoms with Crippen molar-refractivity contribution in [1.29, 1.82) is 0 Å². The van der Waals surface area contributed by atoms with Crippen LogP contribution in [-0.4, -0.2) is 41.0 Å². The summed E-state index contributed by atoms with van der Waals surface area (Å²) in [6.45, 7) is 5.51. The van der Waals surface area contributed by atoms with E-state index in [-0.39, 0.29) is 0 Å². The Labute approximate surface area is 97.6 Å². The van der Waals surface area contributed by atoms with Gasteiger partial charge >= 0.3 is 0 Å². The molecule has 2 nitrogen and oxygen atoms in total. The summed E-state index contributed by atoms with van der Waals surface area (Å²) in [5.41, 5.74) is 5.51. The summed E-state index contributed by atoms with van der Waals surface area (Å²) in [6.07, 6.45) is 2.07. The van der Waals surface area contributed by atoms with Crippen molar-refractivity contribution in [2.75, 3.05) is 25.1 Å². The molecule has 0 aliphatic heterocycles. The Bertz CT molecular complexity index is 162. The van der Waals surface area contributed by atoms with E-state index >= 15 is 0 Å². The van der Waals surface area contributed by atoms with Gasteiger partial charge in [-0.25, -0.2) is 0 Å². The first kappa shape index (κ1) is 14.2. The quantitative estimate of drug-likeness (QED) is 0.515. The Morgan fingerprint density at radius 3 is 2.71 bits per heavy atom. The van der Waals surface area contributed by atoms with Crippen molar-refractivity contribution in [3.05, 3.63) is 0 Å². The highest BCUT2D eigenvalue weighted by Crippen LogP contribution is 2.05. The highest BCUT2D eigenvalue weighted by Gasteiger charge is 2.09. The molecule has 0 aliphatic rings. The minimum atomic E-state index is 0.471. The number of nitrogens with zero attached hydrogens (tertiary/aromatic N) is 1. The fourth-order valence-corrected chi connectivity index (χ4v) is 2.09. The van der Waals surface area contributed by atoms with Crippen molar-refractivity contribution in [2.24, 2.45) is 5.73 Å². The molecule has 0 aromatic carbocycles. The van der Waals surface area contributed by atoms with Gasteiger partial charge in [-0.15, -0.1) is 0 Å². The largest absolute Gasteiger partial charge is 0.393 e. The van der Waals surface area contributed by atoms with E-state index in [4.69, 9.17) is 18.0 Å². The van der Waals surface area contributed by atoms with Crippen LogP contribution in [0.2, 0.25) is 0 Å². The SMILES string of the molecule is CCSCCCN(C)C(C)CC(N)=S. The van der Waals surface area contributed by atoms with Gasteiger partial charge < -0.3 is 10.6 Å². The summed E-state index contributed by atoms with van der Waals surface area (Å²) in [5, 5.41) is 0. The number of hydrogen-bond acceptors (Lipinski definition) is 3. The topological polar surface area (TPSA) is 29.3 Å². The lowest BCUT2D eigenvalue weighted by atomic mass is 10.2. The van der Waals surface area contributed by atoms with Gasteiger partial charge in [0.1, 0.15) is 0 Å². The Balaban J connectivity index is 3.51. The van der Waals surface area contributed by atoms with Crippen LogP contribution in [0.3, 0.4) is 0 Å². The molecule has 4 heteroatoms. The van der Waals surface area contributed by atoms with Crippen molar-refractivity contribution < 1.29 is 0 Å². The van der Waals surface area contributed by atoms with Crippen LogP contribution in [0.5, 0.6) is 0 Å². The van der Waals surface area contributed by atoms with Crippen LogP contribution in [-0.2, 0) is 0 Å². The highest BCUT2D eigenvalue weighted by molar-refractivity contribution is 7.99. The number of rotatable bonds is 8. The molecule has 2 N–H and O–H groups in total. The maximum Gasteiger partial charge on any atom is 0.0742 e. The predicted octanol–water partition coefficient (Wildman–Crippen LogP) is 2.13. The summed E-state index contributed by atoms with van der Waals surface area (Å²) in [7, 11) is 2.14. The van der Waals surface area contributed by atoms with Crippen LogP contribution >= 0.6 is 24.0 Å². The first-order chi connectivity index (χ1) is 6.57. The van der Waals surface area contributed by atoms with Gasteiger partial charge in [-0.2, -0.15) is 11.8 Å². The summed E-state index contributed by atoms with van der Waals surface area (Å²) >= 11 is 6.89.